The Hall–Kier alpha value is -2.20. The van der Waals surface area contributed by atoms with E-state index in [4.69, 9.17) is 5.26 Å². The summed E-state index contributed by atoms with van der Waals surface area (Å²) in [6.07, 6.45) is 3.29. The van der Waals surface area contributed by atoms with Gasteiger partial charge in [-0.25, -0.2) is 4.98 Å². The van der Waals surface area contributed by atoms with Gasteiger partial charge in [-0.1, -0.05) is 0 Å². The van der Waals surface area contributed by atoms with E-state index in [0.717, 1.165) is 25.9 Å². The number of nitrogens with one attached hydrogen (secondary N) is 1. The van der Waals surface area contributed by atoms with Crippen LogP contribution in [0.3, 0.4) is 0 Å². The average Bonchev–Trinajstić information content (AvgIpc) is 2.46. The summed E-state index contributed by atoms with van der Waals surface area (Å²) in [7, 11) is 1.87. The zero-order valence-electron chi connectivity index (χ0n) is 10.7. The Morgan fingerprint density at radius 3 is 3.05 bits per heavy atom. The van der Waals surface area contributed by atoms with Gasteiger partial charge >= 0.3 is 0 Å². The maximum Gasteiger partial charge on any atom is 0.289 e. The molecule has 0 spiro atoms. The van der Waals surface area contributed by atoms with Gasteiger partial charge in [0.15, 0.2) is 0 Å². The fraction of sp³-hybridized carbons (Fsp3) is 0.500. The molecule has 1 N–H and O–H groups in total. The molecule has 0 bridgehead atoms. The van der Waals surface area contributed by atoms with Crippen molar-refractivity contribution in [3.05, 3.63) is 27.9 Å². The maximum absolute atomic E-state index is 10.7. The van der Waals surface area contributed by atoms with Crippen LogP contribution < -0.4 is 10.2 Å². The van der Waals surface area contributed by atoms with Gasteiger partial charge in [0.2, 0.25) is 0 Å². The van der Waals surface area contributed by atoms with Crippen molar-refractivity contribution in [2.24, 2.45) is 0 Å². The van der Waals surface area contributed by atoms with Crippen molar-refractivity contribution in [1.29, 1.82) is 5.26 Å². The van der Waals surface area contributed by atoms with Crippen LogP contribution in [0.5, 0.6) is 0 Å². The fourth-order valence-corrected chi connectivity index (χ4v) is 2.25. The minimum Gasteiger partial charge on any atom is -0.354 e. The Labute approximate surface area is 111 Å². The minimum atomic E-state index is -0.542. The Kier molecular flexibility index (Phi) is 3.92. The number of aromatic nitrogens is 1. The molecule has 0 amide bonds. The van der Waals surface area contributed by atoms with E-state index in [0.29, 0.717) is 5.82 Å². The molecule has 0 aromatic carbocycles. The molecule has 7 heteroatoms. The summed E-state index contributed by atoms with van der Waals surface area (Å²) in [4.78, 5) is 16.1. The lowest BCUT2D eigenvalue weighted by Gasteiger charge is -2.32. The van der Waals surface area contributed by atoms with Crippen LogP contribution in [0.4, 0.5) is 11.5 Å². The van der Waals surface area contributed by atoms with Crippen LogP contribution in [0, 0.1) is 21.4 Å². The lowest BCUT2D eigenvalue weighted by molar-refractivity contribution is -0.385. The third kappa shape index (κ3) is 2.80. The molecule has 7 nitrogen and oxygen atoms in total. The first-order chi connectivity index (χ1) is 9.13. The molecular formula is C12H15N5O2. The first-order valence-electron chi connectivity index (χ1n) is 6.11. The van der Waals surface area contributed by atoms with Gasteiger partial charge < -0.3 is 10.2 Å². The first kappa shape index (κ1) is 13.2. The molecule has 1 aliphatic heterocycles. The minimum absolute atomic E-state index is 0.157. The van der Waals surface area contributed by atoms with Crippen LogP contribution in [0.1, 0.15) is 18.4 Å². The lowest BCUT2D eigenvalue weighted by Crippen LogP contribution is -2.44. The highest BCUT2D eigenvalue weighted by Crippen LogP contribution is 2.24. The Balaban J connectivity index is 2.28. The third-order valence-corrected chi connectivity index (χ3v) is 3.34. The zero-order valence-corrected chi connectivity index (χ0v) is 10.7. The van der Waals surface area contributed by atoms with E-state index in [1.807, 2.05) is 18.0 Å². The highest BCUT2D eigenvalue weighted by Gasteiger charge is 2.22. The van der Waals surface area contributed by atoms with Gasteiger partial charge in [0.05, 0.1) is 4.92 Å². The highest BCUT2D eigenvalue weighted by atomic mass is 16.6. The molecule has 1 atom stereocenters. The molecule has 1 aromatic rings. The summed E-state index contributed by atoms with van der Waals surface area (Å²) < 4.78 is 0. The monoisotopic (exact) mass is 261 g/mol. The van der Waals surface area contributed by atoms with Gasteiger partial charge in [0.25, 0.3) is 5.69 Å². The second-order valence-electron chi connectivity index (χ2n) is 4.54. The van der Waals surface area contributed by atoms with Crippen LogP contribution in [0.25, 0.3) is 0 Å². The van der Waals surface area contributed by atoms with Gasteiger partial charge in [-0.15, -0.1) is 0 Å². The van der Waals surface area contributed by atoms with Crippen molar-refractivity contribution >= 4 is 11.5 Å². The summed E-state index contributed by atoms with van der Waals surface area (Å²) >= 11 is 0. The van der Waals surface area contributed by atoms with E-state index in [9.17, 15) is 10.1 Å². The van der Waals surface area contributed by atoms with E-state index >= 15 is 0 Å². The van der Waals surface area contributed by atoms with Crippen molar-refractivity contribution < 1.29 is 4.92 Å². The van der Waals surface area contributed by atoms with Gasteiger partial charge in [-0.05, 0) is 19.4 Å². The quantitative estimate of drug-likeness (QED) is 0.645. The molecule has 1 saturated heterocycles. The van der Waals surface area contributed by atoms with E-state index in [-0.39, 0.29) is 17.3 Å². The maximum atomic E-state index is 10.7. The summed E-state index contributed by atoms with van der Waals surface area (Å²) in [5.41, 5.74) is 0.0812. The van der Waals surface area contributed by atoms with E-state index in [2.05, 4.69) is 10.3 Å². The van der Waals surface area contributed by atoms with Crippen molar-refractivity contribution in [1.82, 2.24) is 10.3 Å². The van der Waals surface area contributed by atoms with E-state index in [1.54, 1.807) is 0 Å². The number of anilines is 1. The molecule has 0 radical (unpaired) electrons. The number of nitriles is 1. The largest absolute Gasteiger partial charge is 0.354 e. The Bertz CT molecular complexity index is 519. The molecule has 2 rings (SSSR count). The number of hydrogen-bond donors (Lipinski definition) is 1. The number of likely N-dealkylation sites (N-methyl/N-ethyl adjacent to an activating group) is 1. The summed E-state index contributed by atoms with van der Waals surface area (Å²) in [6.45, 7) is 1.84. The second-order valence-corrected chi connectivity index (χ2v) is 4.54. The number of nitro groups is 1. The molecule has 2 heterocycles. The summed E-state index contributed by atoms with van der Waals surface area (Å²) in [6, 6.07) is 3.51. The molecule has 1 aliphatic rings. The first-order valence-corrected chi connectivity index (χ1v) is 6.11. The number of pyridine rings is 1. The van der Waals surface area contributed by atoms with Crippen LogP contribution in [0.2, 0.25) is 0 Å². The van der Waals surface area contributed by atoms with Crippen molar-refractivity contribution in [3.8, 4) is 6.07 Å². The van der Waals surface area contributed by atoms with Gasteiger partial charge in [0.1, 0.15) is 23.6 Å². The molecule has 1 fully saturated rings. The zero-order chi connectivity index (χ0) is 13.8. The van der Waals surface area contributed by atoms with Crippen molar-refractivity contribution in [3.63, 3.8) is 0 Å². The third-order valence-electron chi connectivity index (χ3n) is 3.34. The van der Waals surface area contributed by atoms with Crippen molar-refractivity contribution in [2.45, 2.75) is 18.9 Å². The van der Waals surface area contributed by atoms with E-state index in [1.165, 1.54) is 12.3 Å². The highest BCUT2D eigenvalue weighted by molar-refractivity contribution is 5.57. The predicted octanol–water partition coefficient (Wildman–Crippen LogP) is 1.05. The molecule has 1 aromatic heterocycles. The van der Waals surface area contributed by atoms with Gasteiger partial charge in [-0.3, -0.25) is 10.1 Å². The Morgan fingerprint density at radius 1 is 1.68 bits per heavy atom. The number of piperidine rings is 1. The van der Waals surface area contributed by atoms with Crippen LogP contribution in [-0.2, 0) is 0 Å². The van der Waals surface area contributed by atoms with Gasteiger partial charge in [-0.2, -0.15) is 5.26 Å². The molecule has 0 saturated carbocycles. The molecule has 1 unspecified atom stereocenters. The number of rotatable bonds is 3. The van der Waals surface area contributed by atoms with Crippen molar-refractivity contribution in [2.75, 3.05) is 25.0 Å². The molecule has 100 valence electrons. The SMILES string of the molecule is CN(c1ncc([N+](=O)[O-])cc1C#N)C1CCCNC1. The van der Waals surface area contributed by atoms with Crippen LogP contribution in [-0.4, -0.2) is 36.1 Å². The fourth-order valence-electron chi connectivity index (χ4n) is 2.25. The molecular weight excluding hydrogens is 246 g/mol. The average molecular weight is 261 g/mol. The smallest absolute Gasteiger partial charge is 0.289 e. The predicted molar refractivity (Wildman–Crippen MR) is 69.9 cm³/mol. The summed E-state index contributed by atoms with van der Waals surface area (Å²) in [5.74, 6) is 0.502. The topological polar surface area (TPSA) is 95.1 Å². The summed E-state index contributed by atoms with van der Waals surface area (Å²) in [5, 5.41) is 23.1. The van der Waals surface area contributed by atoms with Gasteiger partial charge in [0, 0.05) is 25.7 Å². The molecule has 19 heavy (non-hydrogen) atoms. The lowest BCUT2D eigenvalue weighted by atomic mass is 10.1. The van der Waals surface area contributed by atoms with Crippen LogP contribution >= 0.6 is 0 Å². The van der Waals surface area contributed by atoms with E-state index < -0.39 is 4.92 Å². The van der Waals surface area contributed by atoms with Crippen LogP contribution in [0.15, 0.2) is 12.3 Å². The molecule has 0 aliphatic carbocycles. The Morgan fingerprint density at radius 2 is 2.47 bits per heavy atom. The standard InChI is InChI=1S/C12H15N5O2/c1-16(10-3-2-4-14-7-10)12-9(6-13)5-11(8-15-12)17(18)19/h5,8,10,14H,2-4,7H2,1H3. The number of nitrogens with zero attached hydrogens (tertiary/aromatic N) is 4. The second kappa shape index (κ2) is 5.63. The normalized spacial score (nSPS) is 18.6. The number of hydrogen-bond acceptors (Lipinski definition) is 6.